The van der Waals surface area contributed by atoms with E-state index in [1.54, 1.807) is 0 Å². The molecule has 3 rings (SSSR count). The lowest BCUT2D eigenvalue weighted by Crippen LogP contribution is -2.38. The number of hydrogen-bond donors (Lipinski definition) is 1. The van der Waals surface area contributed by atoms with E-state index >= 15 is 0 Å². The van der Waals surface area contributed by atoms with Crippen molar-refractivity contribution >= 4 is 17.7 Å². The second-order valence-electron chi connectivity index (χ2n) is 6.87. The Hall–Kier alpha value is -1.82. The van der Waals surface area contributed by atoms with Crippen LogP contribution in [0, 0.1) is 0 Å². The molecule has 5 nitrogen and oxygen atoms in total. The molecule has 1 saturated carbocycles. The number of nitrogens with zero attached hydrogens (tertiary/aromatic N) is 3. The minimum absolute atomic E-state index is 0.0570. The number of amides is 1. The van der Waals surface area contributed by atoms with Crippen LogP contribution in [-0.2, 0) is 18.3 Å². The molecule has 1 N–H and O–H groups in total. The third kappa shape index (κ3) is 4.84. The normalized spacial score (nSPS) is 16.4. The van der Waals surface area contributed by atoms with E-state index in [0.717, 1.165) is 23.8 Å². The second-order valence-corrected chi connectivity index (χ2v) is 8.18. The molecule has 0 unspecified atom stereocenters. The lowest BCUT2D eigenvalue weighted by molar-refractivity contribution is -0.120. The van der Waals surface area contributed by atoms with E-state index in [0.29, 0.717) is 5.92 Å². The van der Waals surface area contributed by atoms with Gasteiger partial charge in [-0.05, 0) is 45.1 Å². The summed E-state index contributed by atoms with van der Waals surface area (Å²) in [6.07, 6.45) is 4.30. The highest BCUT2D eigenvalue weighted by molar-refractivity contribution is 8.00. The predicted octanol–water partition coefficient (Wildman–Crippen LogP) is 3.31. The van der Waals surface area contributed by atoms with Crippen LogP contribution in [0.15, 0.2) is 35.5 Å². The third-order valence-electron chi connectivity index (χ3n) is 4.56. The molecule has 6 heteroatoms. The van der Waals surface area contributed by atoms with Gasteiger partial charge in [0.05, 0.1) is 5.25 Å². The number of hydrogen-bond acceptors (Lipinski definition) is 4. The first-order valence-electron chi connectivity index (χ1n) is 8.95. The fourth-order valence-electron chi connectivity index (χ4n) is 2.80. The number of rotatable bonds is 8. The predicted molar refractivity (Wildman–Crippen MR) is 101 cm³/mol. The van der Waals surface area contributed by atoms with Gasteiger partial charge in [-0.3, -0.25) is 4.79 Å². The van der Waals surface area contributed by atoms with Gasteiger partial charge in [-0.2, -0.15) is 0 Å². The molecule has 0 aliphatic heterocycles. The molecule has 134 valence electrons. The van der Waals surface area contributed by atoms with Gasteiger partial charge in [0.25, 0.3) is 0 Å². The molecule has 25 heavy (non-hydrogen) atoms. The molecule has 0 bridgehead atoms. The maximum Gasteiger partial charge on any atom is 0.233 e. The molecule has 0 spiro atoms. The quantitative estimate of drug-likeness (QED) is 0.736. The first-order chi connectivity index (χ1) is 12.0. The summed E-state index contributed by atoms with van der Waals surface area (Å²) in [5, 5.41) is 12.3. The first kappa shape index (κ1) is 18.0. The fraction of sp³-hybridized carbons (Fsp3) is 0.526. The summed E-state index contributed by atoms with van der Waals surface area (Å²) in [5.41, 5.74) is 1.30. The number of carbonyl (C=O) groups is 1. The van der Waals surface area contributed by atoms with Crippen molar-refractivity contribution in [2.45, 2.75) is 61.9 Å². The summed E-state index contributed by atoms with van der Waals surface area (Å²) in [4.78, 5) is 12.4. The van der Waals surface area contributed by atoms with E-state index in [2.05, 4.69) is 34.6 Å². The Bertz CT molecular complexity index is 711. The minimum atomic E-state index is -0.186. The van der Waals surface area contributed by atoms with Crippen molar-refractivity contribution < 1.29 is 4.79 Å². The van der Waals surface area contributed by atoms with Crippen LogP contribution in [0.3, 0.4) is 0 Å². The van der Waals surface area contributed by atoms with Crippen molar-refractivity contribution in [2.24, 2.45) is 7.05 Å². The molecule has 2 atom stereocenters. The topological polar surface area (TPSA) is 59.8 Å². The molecule has 1 aliphatic rings. The van der Waals surface area contributed by atoms with Crippen LogP contribution in [-0.4, -0.2) is 32.0 Å². The van der Waals surface area contributed by atoms with Gasteiger partial charge >= 0.3 is 0 Å². The van der Waals surface area contributed by atoms with Gasteiger partial charge in [0.2, 0.25) is 5.91 Å². The molecular formula is C19H26N4OS. The third-order valence-corrected chi connectivity index (χ3v) is 5.69. The van der Waals surface area contributed by atoms with Crippen LogP contribution in [0.5, 0.6) is 0 Å². The molecule has 1 amide bonds. The largest absolute Gasteiger partial charge is 0.353 e. The molecule has 1 heterocycles. The van der Waals surface area contributed by atoms with Crippen molar-refractivity contribution in [3.8, 4) is 0 Å². The summed E-state index contributed by atoms with van der Waals surface area (Å²) in [7, 11) is 1.99. The van der Waals surface area contributed by atoms with E-state index in [4.69, 9.17) is 0 Å². The lowest BCUT2D eigenvalue weighted by Gasteiger charge is -2.17. The Morgan fingerprint density at radius 2 is 2.00 bits per heavy atom. The second kappa shape index (κ2) is 8.04. The van der Waals surface area contributed by atoms with Crippen LogP contribution >= 0.6 is 11.8 Å². The van der Waals surface area contributed by atoms with Gasteiger partial charge in [0.15, 0.2) is 5.16 Å². The van der Waals surface area contributed by atoms with E-state index < -0.39 is 0 Å². The summed E-state index contributed by atoms with van der Waals surface area (Å²) >= 11 is 1.48. The highest BCUT2D eigenvalue weighted by atomic mass is 32.2. The number of aromatic nitrogens is 3. The van der Waals surface area contributed by atoms with Crippen LogP contribution in [0.2, 0.25) is 0 Å². The Morgan fingerprint density at radius 3 is 2.68 bits per heavy atom. The zero-order chi connectivity index (χ0) is 17.8. The summed E-state index contributed by atoms with van der Waals surface area (Å²) in [6.45, 7) is 3.99. The molecule has 0 saturated heterocycles. The standard InChI is InChI=1S/C19H26N4OS/c1-13(9-10-15-7-5-4-6-8-15)20-18(24)14(2)25-19-22-21-17(23(19)3)16-11-12-16/h4-8,13-14,16H,9-12H2,1-3H3,(H,20,24)/t13-,14+/m0/s1. The monoisotopic (exact) mass is 358 g/mol. The van der Waals surface area contributed by atoms with Crippen LogP contribution in [0.25, 0.3) is 0 Å². The summed E-state index contributed by atoms with van der Waals surface area (Å²) < 4.78 is 2.03. The number of aryl methyl sites for hydroxylation is 1. The van der Waals surface area contributed by atoms with Crippen LogP contribution < -0.4 is 5.32 Å². The van der Waals surface area contributed by atoms with E-state index in [1.165, 1.54) is 30.2 Å². The van der Waals surface area contributed by atoms with Gasteiger partial charge < -0.3 is 9.88 Å². The molecule has 1 fully saturated rings. The SMILES string of the molecule is C[C@@H](CCc1ccccc1)NC(=O)[C@@H](C)Sc1nnc(C2CC2)n1C. The van der Waals surface area contributed by atoms with Gasteiger partial charge in [-0.1, -0.05) is 42.1 Å². The Morgan fingerprint density at radius 1 is 1.28 bits per heavy atom. The number of nitrogens with one attached hydrogen (secondary N) is 1. The maximum absolute atomic E-state index is 12.4. The smallest absolute Gasteiger partial charge is 0.233 e. The minimum Gasteiger partial charge on any atom is -0.353 e. The van der Waals surface area contributed by atoms with Crippen molar-refractivity contribution in [1.29, 1.82) is 0 Å². The van der Waals surface area contributed by atoms with Crippen LogP contribution in [0.1, 0.15) is 50.4 Å². The highest BCUT2D eigenvalue weighted by Crippen LogP contribution is 2.39. The number of carbonyl (C=O) groups excluding carboxylic acids is 1. The molecule has 0 radical (unpaired) electrons. The molecule has 1 aliphatic carbocycles. The van der Waals surface area contributed by atoms with E-state index in [9.17, 15) is 4.79 Å². The Labute approximate surface area is 153 Å². The van der Waals surface area contributed by atoms with Gasteiger partial charge in [-0.15, -0.1) is 10.2 Å². The van der Waals surface area contributed by atoms with Crippen molar-refractivity contribution in [3.63, 3.8) is 0 Å². The summed E-state index contributed by atoms with van der Waals surface area (Å²) in [6, 6.07) is 10.5. The lowest BCUT2D eigenvalue weighted by atomic mass is 10.1. The van der Waals surface area contributed by atoms with Crippen LogP contribution in [0.4, 0.5) is 0 Å². The molecule has 1 aromatic carbocycles. The summed E-state index contributed by atoms with van der Waals surface area (Å²) in [5.74, 6) is 1.67. The highest BCUT2D eigenvalue weighted by Gasteiger charge is 2.30. The van der Waals surface area contributed by atoms with E-state index in [-0.39, 0.29) is 17.2 Å². The average Bonchev–Trinajstić information content (AvgIpc) is 3.39. The Kier molecular flexibility index (Phi) is 5.78. The number of thioether (sulfide) groups is 1. The van der Waals surface area contributed by atoms with Gasteiger partial charge in [0, 0.05) is 19.0 Å². The van der Waals surface area contributed by atoms with Crippen molar-refractivity contribution in [1.82, 2.24) is 20.1 Å². The Balaban J connectivity index is 1.47. The van der Waals surface area contributed by atoms with Gasteiger partial charge in [0.1, 0.15) is 5.82 Å². The maximum atomic E-state index is 12.4. The zero-order valence-electron chi connectivity index (χ0n) is 15.1. The molecule has 1 aromatic heterocycles. The van der Waals surface area contributed by atoms with E-state index in [1.807, 2.05) is 36.7 Å². The van der Waals surface area contributed by atoms with Crippen molar-refractivity contribution in [3.05, 3.63) is 41.7 Å². The average molecular weight is 359 g/mol. The molecular weight excluding hydrogens is 332 g/mol. The number of benzene rings is 1. The first-order valence-corrected chi connectivity index (χ1v) is 9.82. The zero-order valence-corrected chi connectivity index (χ0v) is 15.9. The van der Waals surface area contributed by atoms with Crippen molar-refractivity contribution in [2.75, 3.05) is 0 Å². The fourth-order valence-corrected chi connectivity index (χ4v) is 3.63. The molecule has 2 aromatic rings. The van der Waals surface area contributed by atoms with Gasteiger partial charge in [-0.25, -0.2) is 0 Å².